The molecule has 0 radical (unpaired) electrons. The summed E-state index contributed by atoms with van der Waals surface area (Å²) in [4.78, 5) is 10.1. The van der Waals surface area contributed by atoms with E-state index >= 15 is 0 Å². The lowest BCUT2D eigenvalue weighted by molar-refractivity contribution is -0.384. The van der Waals surface area contributed by atoms with Crippen LogP contribution in [0.25, 0.3) is 0 Å². The van der Waals surface area contributed by atoms with Gasteiger partial charge in [-0.05, 0) is 12.5 Å². The Bertz CT molecular complexity index is 569. The Hall–Kier alpha value is -1.80. The van der Waals surface area contributed by atoms with E-state index in [0.717, 1.165) is 18.6 Å². The number of nitrogens with two attached hydrogens (primary N) is 1. The third-order valence-corrected chi connectivity index (χ3v) is 4.03. The molecule has 0 bridgehead atoms. The largest absolute Gasteiger partial charge is 0.376 e. The summed E-state index contributed by atoms with van der Waals surface area (Å²) < 4.78 is 32.5. The second kappa shape index (κ2) is 4.64. The third kappa shape index (κ3) is 1.83. The molecule has 1 saturated carbocycles. The summed E-state index contributed by atoms with van der Waals surface area (Å²) in [6.45, 7) is 0.564. The van der Waals surface area contributed by atoms with Gasteiger partial charge in [0.1, 0.15) is 0 Å². The summed E-state index contributed by atoms with van der Waals surface area (Å²) in [6.07, 6.45) is 0.616. The van der Waals surface area contributed by atoms with Crippen LogP contribution in [0.1, 0.15) is 6.42 Å². The molecule has 4 atom stereocenters. The van der Waals surface area contributed by atoms with Gasteiger partial charge in [-0.3, -0.25) is 10.1 Å². The van der Waals surface area contributed by atoms with Gasteiger partial charge in [0.05, 0.1) is 17.1 Å². The van der Waals surface area contributed by atoms with Gasteiger partial charge in [0.15, 0.2) is 17.3 Å². The number of nitro benzene ring substituents is 1. The maximum Gasteiger partial charge on any atom is 0.295 e. The van der Waals surface area contributed by atoms with Crippen LogP contribution in [0.5, 0.6) is 0 Å². The monoisotopic (exact) mass is 285 g/mol. The first kappa shape index (κ1) is 13.2. The number of anilines is 1. The van der Waals surface area contributed by atoms with Crippen molar-refractivity contribution in [2.24, 2.45) is 11.7 Å². The Balaban J connectivity index is 1.90. The maximum absolute atomic E-state index is 13.8. The van der Waals surface area contributed by atoms with Gasteiger partial charge in [-0.15, -0.1) is 0 Å². The molecular formula is C12H13F2N3O3. The molecule has 8 heteroatoms. The highest BCUT2D eigenvalue weighted by molar-refractivity contribution is 5.63. The van der Waals surface area contributed by atoms with Crippen LogP contribution in [-0.4, -0.2) is 29.7 Å². The van der Waals surface area contributed by atoms with Crippen molar-refractivity contribution in [3.63, 3.8) is 0 Å². The van der Waals surface area contributed by atoms with Crippen molar-refractivity contribution in [1.29, 1.82) is 0 Å². The molecular weight excluding hydrogens is 272 g/mol. The van der Waals surface area contributed by atoms with Crippen molar-refractivity contribution >= 4 is 11.4 Å². The minimum Gasteiger partial charge on any atom is -0.376 e. The second-order valence-corrected chi connectivity index (χ2v) is 5.05. The van der Waals surface area contributed by atoms with E-state index in [9.17, 15) is 18.9 Å². The lowest BCUT2D eigenvalue weighted by atomic mass is 9.72. The molecule has 2 aliphatic rings. The fraction of sp³-hybridized carbons (Fsp3) is 0.500. The SMILES string of the molecule is NC1C2CCOC2C1Nc1c([N+](=O)[O-])ccc(F)c1F. The number of benzene rings is 1. The quantitative estimate of drug-likeness (QED) is 0.647. The first-order chi connectivity index (χ1) is 9.50. The zero-order valence-corrected chi connectivity index (χ0v) is 10.4. The Morgan fingerprint density at radius 1 is 1.45 bits per heavy atom. The van der Waals surface area contributed by atoms with Crippen LogP contribution in [0, 0.1) is 27.7 Å². The van der Waals surface area contributed by atoms with Gasteiger partial charge in [-0.2, -0.15) is 0 Å². The lowest BCUT2D eigenvalue weighted by Gasteiger charge is -2.46. The summed E-state index contributed by atoms with van der Waals surface area (Å²) in [6, 6.07) is 0.925. The fourth-order valence-corrected chi connectivity index (χ4v) is 2.92. The molecule has 108 valence electrons. The first-order valence-electron chi connectivity index (χ1n) is 6.27. The van der Waals surface area contributed by atoms with E-state index < -0.39 is 34.0 Å². The van der Waals surface area contributed by atoms with Gasteiger partial charge in [0.2, 0.25) is 0 Å². The third-order valence-electron chi connectivity index (χ3n) is 4.03. The van der Waals surface area contributed by atoms with Crippen molar-refractivity contribution in [2.75, 3.05) is 11.9 Å². The average Bonchev–Trinajstić information content (AvgIpc) is 2.84. The number of halogens is 2. The number of nitro groups is 1. The highest BCUT2D eigenvalue weighted by Crippen LogP contribution is 2.41. The van der Waals surface area contributed by atoms with Gasteiger partial charge in [0, 0.05) is 24.6 Å². The highest BCUT2D eigenvalue weighted by Gasteiger charge is 2.52. The minimum absolute atomic E-state index is 0.170. The Morgan fingerprint density at radius 2 is 2.20 bits per heavy atom. The fourth-order valence-electron chi connectivity index (χ4n) is 2.92. The van der Waals surface area contributed by atoms with Gasteiger partial charge in [-0.1, -0.05) is 0 Å². The van der Waals surface area contributed by atoms with E-state index in [1.165, 1.54) is 0 Å². The molecule has 1 aromatic rings. The van der Waals surface area contributed by atoms with E-state index in [4.69, 9.17) is 10.5 Å². The van der Waals surface area contributed by atoms with Gasteiger partial charge >= 0.3 is 0 Å². The number of hydrogen-bond donors (Lipinski definition) is 2. The van der Waals surface area contributed by atoms with Crippen LogP contribution >= 0.6 is 0 Å². The van der Waals surface area contributed by atoms with E-state index in [1.54, 1.807) is 0 Å². The molecule has 0 spiro atoms. The number of nitrogens with one attached hydrogen (secondary N) is 1. The Kier molecular flexibility index (Phi) is 3.06. The highest BCUT2D eigenvalue weighted by atomic mass is 19.2. The molecule has 0 amide bonds. The number of fused-ring (bicyclic) bond motifs is 1. The number of ether oxygens (including phenoxy) is 1. The van der Waals surface area contributed by atoms with Gasteiger partial charge in [0.25, 0.3) is 5.69 Å². The van der Waals surface area contributed by atoms with Crippen molar-refractivity contribution < 1.29 is 18.4 Å². The molecule has 6 nitrogen and oxygen atoms in total. The molecule has 1 saturated heterocycles. The number of rotatable bonds is 3. The van der Waals surface area contributed by atoms with Crippen molar-refractivity contribution in [1.82, 2.24) is 0 Å². The zero-order chi connectivity index (χ0) is 14.4. The summed E-state index contributed by atoms with van der Waals surface area (Å²) in [5.41, 5.74) is 4.96. The average molecular weight is 285 g/mol. The standard InChI is InChI=1S/C12H13F2N3O3/c13-6-1-2-7(17(18)19)10(8(6)14)16-11-9(15)5-3-4-20-12(5)11/h1-2,5,9,11-12,16H,3-4,15H2. The molecule has 20 heavy (non-hydrogen) atoms. The number of hydrogen-bond acceptors (Lipinski definition) is 5. The number of nitrogens with zero attached hydrogens (tertiary/aromatic N) is 1. The summed E-state index contributed by atoms with van der Waals surface area (Å²) in [5.74, 6) is -2.24. The smallest absolute Gasteiger partial charge is 0.295 e. The molecule has 2 fully saturated rings. The van der Waals surface area contributed by atoms with Crippen LogP contribution < -0.4 is 11.1 Å². The maximum atomic E-state index is 13.8. The molecule has 3 N–H and O–H groups in total. The normalized spacial score (nSPS) is 31.6. The molecule has 4 unspecified atom stereocenters. The molecule has 1 aliphatic carbocycles. The molecule has 1 heterocycles. The minimum atomic E-state index is -1.27. The summed E-state index contributed by atoms with van der Waals surface area (Å²) >= 11 is 0. The first-order valence-corrected chi connectivity index (χ1v) is 6.27. The van der Waals surface area contributed by atoms with Crippen LogP contribution in [0.15, 0.2) is 12.1 Å². The Labute approximate surface area is 113 Å². The van der Waals surface area contributed by atoms with E-state index in [2.05, 4.69) is 5.32 Å². The van der Waals surface area contributed by atoms with E-state index in [-0.39, 0.29) is 18.1 Å². The van der Waals surface area contributed by atoms with Crippen molar-refractivity contribution in [3.8, 4) is 0 Å². The van der Waals surface area contributed by atoms with Crippen LogP contribution in [0.2, 0.25) is 0 Å². The molecule has 1 aliphatic heterocycles. The van der Waals surface area contributed by atoms with Gasteiger partial charge in [-0.25, -0.2) is 8.78 Å². The van der Waals surface area contributed by atoms with Crippen LogP contribution in [0.3, 0.4) is 0 Å². The second-order valence-electron chi connectivity index (χ2n) is 5.05. The lowest BCUT2D eigenvalue weighted by Crippen LogP contribution is -2.65. The molecule has 0 aromatic heterocycles. The predicted octanol–water partition coefficient (Wildman–Crippen LogP) is 1.40. The van der Waals surface area contributed by atoms with E-state index in [0.29, 0.717) is 6.61 Å². The van der Waals surface area contributed by atoms with Crippen LogP contribution in [0.4, 0.5) is 20.2 Å². The molecule has 3 rings (SSSR count). The summed E-state index contributed by atoms with van der Waals surface area (Å²) in [7, 11) is 0. The van der Waals surface area contributed by atoms with E-state index in [1.807, 2.05) is 0 Å². The molecule has 1 aromatic carbocycles. The van der Waals surface area contributed by atoms with Crippen molar-refractivity contribution in [2.45, 2.75) is 24.6 Å². The van der Waals surface area contributed by atoms with Crippen molar-refractivity contribution in [3.05, 3.63) is 33.9 Å². The van der Waals surface area contributed by atoms with Crippen LogP contribution in [-0.2, 0) is 4.74 Å². The van der Waals surface area contributed by atoms with Gasteiger partial charge < -0.3 is 15.8 Å². The zero-order valence-electron chi connectivity index (χ0n) is 10.4. The topological polar surface area (TPSA) is 90.4 Å². The Morgan fingerprint density at radius 3 is 2.90 bits per heavy atom. The summed E-state index contributed by atoms with van der Waals surface area (Å²) in [5, 5.41) is 13.5. The predicted molar refractivity (Wildman–Crippen MR) is 66.2 cm³/mol.